The lowest BCUT2D eigenvalue weighted by Gasteiger charge is -2.39. The first-order valence-corrected chi connectivity index (χ1v) is 17.7. The molecule has 1 aliphatic carbocycles. The molecule has 2 aromatic carbocycles. The van der Waals surface area contributed by atoms with E-state index in [2.05, 4.69) is 14.9 Å². The number of nitrogens with zero attached hydrogens (tertiary/aromatic N) is 4. The molecule has 1 N–H and O–H groups in total. The number of benzene rings is 2. The molecule has 2 aliphatic rings. The van der Waals surface area contributed by atoms with Crippen LogP contribution >= 0.6 is 0 Å². The first kappa shape index (κ1) is 34.0. The average Bonchev–Trinajstić information content (AvgIpc) is 3.68. The molecule has 0 bridgehead atoms. The third kappa shape index (κ3) is 6.00. The Hall–Kier alpha value is -4.91. The van der Waals surface area contributed by atoms with Crippen LogP contribution in [0.25, 0.3) is 16.6 Å². The van der Waals surface area contributed by atoms with Gasteiger partial charge in [-0.15, -0.1) is 0 Å². The van der Waals surface area contributed by atoms with Gasteiger partial charge in [-0.3, -0.25) is 9.36 Å². The minimum Gasteiger partial charge on any atom is -0.465 e. The standard InChI is InChI=1S/C36H41N5O7S/c1-7-47-34-37-29-13-10-11-27(32(42)46-6)30(29)41(34)21-25-14-16-26(17-15-25)28-12-8-9-18-36(28,22-40-20-19-35(4,5)33(40)43)49(44,45)39-31-23(2)24(3)38-48-31/h8-17,39H,7,18-22H2,1-6H3. The zero-order valence-electron chi connectivity index (χ0n) is 28.6. The molecule has 12 nitrogen and oxygen atoms in total. The van der Waals surface area contributed by atoms with E-state index in [9.17, 15) is 18.0 Å². The lowest BCUT2D eigenvalue weighted by molar-refractivity contribution is -0.134. The topological polar surface area (TPSA) is 146 Å². The van der Waals surface area contributed by atoms with E-state index in [-0.39, 0.29) is 24.8 Å². The zero-order chi connectivity index (χ0) is 35.1. The summed E-state index contributed by atoms with van der Waals surface area (Å²) in [6, 6.07) is 13.2. The van der Waals surface area contributed by atoms with Gasteiger partial charge in [0, 0.05) is 24.1 Å². The lowest BCUT2D eigenvalue weighted by atomic mass is 9.84. The molecule has 49 heavy (non-hydrogen) atoms. The number of rotatable bonds is 11. The summed E-state index contributed by atoms with van der Waals surface area (Å²) >= 11 is 0. The molecule has 2 aromatic heterocycles. The van der Waals surface area contributed by atoms with Crippen LogP contribution in [0.2, 0.25) is 0 Å². The van der Waals surface area contributed by atoms with Crippen molar-refractivity contribution in [1.29, 1.82) is 0 Å². The van der Waals surface area contributed by atoms with Gasteiger partial charge in [-0.25, -0.2) is 17.9 Å². The van der Waals surface area contributed by atoms with Gasteiger partial charge in [0.2, 0.25) is 21.8 Å². The van der Waals surface area contributed by atoms with Crippen molar-refractivity contribution in [1.82, 2.24) is 19.6 Å². The number of esters is 1. The predicted molar refractivity (Wildman–Crippen MR) is 186 cm³/mol. The van der Waals surface area contributed by atoms with E-state index < -0.39 is 26.2 Å². The normalized spacial score (nSPS) is 18.9. The van der Waals surface area contributed by atoms with Gasteiger partial charge in [-0.2, -0.15) is 4.98 Å². The van der Waals surface area contributed by atoms with Gasteiger partial charge in [0.25, 0.3) is 6.01 Å². The molecular weight excluding hydrogens is 646 g/mol. The second kappa shape index (κ2) is 12.8. The van der Waals surface area contributed by atoms with Crippen LogP contribution in [0.3, 0.4) is 0 Å². The summed E-state index contributed by atoms with van der Waals surface area (Å²) in [6.07, 6.45) is 6.24. The second-order valence-corrected chi connectivity index (χ2v) is 15.2. The average molecular weight is 688 g/mol. The van der Waals surface area contributed by atoms with Gasteiger partial charge in [-0.05, 0) is 62.4 Å². The number of aryl methyl sites for hydroxylation is 1. The second-order valence-electron chi connectivity index (χ2n) is 13.2. The zero-order valence-corrected chi connectivity index (χ0v) is 29.4. The van der Waals surface area contributed by atoms with E-state index in [1.165, 1.54) is 7.11 Å². The highest BCUT2D eigenvalue weighted by Crippen LogP contribution is 2.44. The Morgan fingerprint density at radius 3 is 2.51 bits per heavy atom. The Morgan fingerprint density at radius 1 is 1.12 bits per heavy atom. The number of carbonyl (C=O) groups is 2. The van der Waals surface area contributed by atoms with Gasteiger partial charge in [0.15, 0.2) is 0 Å². The Labute approximate surface area is 285 Å². The number of methoxy groups -OCH3 is 1. The van der Waals surface area contributed by atoms with E-state index in [4.69, 9.17) is 14.0 Å². The number of fused-ring (bicyclic) bond motifs is 1. The summed E-state index contributed by atoms with van der Waals surface area (Å²) < 4.78 is 48.5. The summed E-state index contributed by atoms with van der Waals surface area (Å²) in [4.78, 5) is 32.4. The van der Waals surface area contributed by atoms with Crippen molar-refractivity contribution in [3.63, 3.8) is 0 Å². The van der Waals surface area contributed by atoms with E-state index in [0.717, 1.165) is 5.56 Å². The van der Waals surface area contributed by atoms with Gasteiger partial charge in [0.1, 0.15) is 4.75 Å². The molecule has 1 amide bonds. The molecule has 0 radical (unpaired) electrons. The smallest absolute Gasteiger partial charge is 0.340 e. The number of aromatic nitrogens is 3. The first-order valence-electron chi connectivity index (χ1n) is 16.2. The molecule has 1 atom stereocenters. The van der Waals surface area contributed by atoms with Gasteiger partial charge < -0.3 is 18.9 Å². The van der Waals surface area contributed by atoms with Gasteiger partial charge in [-0.1, -0.05) is 67.6 Å². The number of amides is 1. The van der Waals surface area contributed by atoms with E-state index in [1.807, 2.05) is 67.8 Å². The number of likely N-dealkylation sites (tertiary alicyclic amines) is 1. The maximum Gasteiger partial charge on any atom is 0.340 e. The minimum atomic E-state index is -4.23. The fourth-order valence-corrected chi connectivity index (χ4v) is 8.32. The van der Waals surface area contributed by atoms with Crippen LogP contribution in [0.5, 0.6) is 6.01 Å². The van der Waals surface area contributed by atoms with Crippen molar-refractivity contribution in [2.24, 2.45) is 5.41 Å². The molecule has 1 unspecified atom stereocenters. The summed E-state index contributed by atoms with van der Waals surface area (Å²) in [5, 5.41) is 3.94. The number of hydrogen-bond donors (Lipinski definition) is 1. The number of ether oxygens (including phenoxy) is 2. The van der Waals surface area contributed by atoms with Crippen LogP contribution < -0.4 is 9.46 Å². The lowest BCUT2D eigenvalue weighted by Crippen LogP contribution is -2.53. The highest BCUT2D eigenvalue weighted by atomic mass is 32.2. The SMILES string of the molecule is CCOc1nc2cccc(C(=O)OC)c2n1Cc1ccc(C2=CC=CCC2(CN2CCC(C)(C)C2=O)S(=O)(=O)Nc2onc(C)c2C)cc1. The Kier molecular flexibility index (Phi) is 8.91. The third-order valence-corrected chi connectivity index (χ3v) is 11.6. The fourth-order valence-electron chi connectivity index (χ4n) is 6.57. The molecule has 0 spiro atoms. The number of hydrogen-bond acceptors (Lipinski definition) is 9. The van der Waals surface area contributed by atoms with Crippen molar-refractivity contribution >= 4 is 44.4 Å². The van der Waals surface area contributed by atoms with Crippen molar-refractivity contribution < 1.29 is 32.0 Å². The quantitative estimate of drug-likeness (QED) is 0.198. The van der Waals surface area contributed by atoms with Crippen LogP contribution in [-0.4, -0.2) is 71.5 Å². The molecule has 258 valence electrons. The van der Waals surface area contributed by atoms with Crippen LogP contribution in [0, 0.1) is 19.3 Å². The molecule has 1 aliphatic heterocycles. The minimum absolute atomic E-state index is 0.0380. The number of anilines is 1. The largest absolute Gasteiger partial charge is 0.465 e. The number of allylic oxidation sites excluding steroid dienone is 3. The van der Waals surface area contributed by atoms with Crippen LogP contribution in [0.4, 0.5) is 5.88 Å². The highest BCUT2D eigenvalue weighted by molar-refractivity contribution is 7.94. The van der Waals surface area contributed by atoms with E-state index in [0.29, 0.717) is 71.1 Å². The Bertz CT molecular complexity index is 2090. The number of para-hydroxylation sites is 1. The van der Waals surface area contributed by atoms with Crippen molar-refractivity contribution in [3.8, 4) is 6.01 Å². The summed E-state index contributed by atoms with van der Waals surface area (Å²) in [5.74, 6) is -0.510. The summed E-state index contributed by atoms with van der Waals surface area (Å²) in [7, 11) is -2.89. The molecule has 4 aromatic rings. The molecule has 1 fully saturated rings. The molecule has 3 heterocycles. The highest BCUT2D eigenvalue weighted by Gasteiger charge is 2.52. The number of nitrogens with one attached hydrogen (secondary N) is 1. The van der Waals surface area contributed by atoms with Gasteiger partial charge >= 0.3 is 5.97 Å². The molecule has 6 rings (SSSR count). The summed E-state index contributed by atoms with van der Waals surface area (Å²) in [6.45, 7) is 10.3. The number of carbonyl (C=O) groups excluding carboxylic acids is 2. The van der Waals surface area contributed by atoms with Crippen LogP contribution in [-0.2, 0) is 26.1 Å². The van der Waals surface area contributed by atoms with Crippen molar-refractivity contribution in [2.45, 2.75) is 58.8 Å². The molecule has 1 saturated heterocycles. The monoisotopic (exact) mass is 687 g/mol. The number of sulfonamides is 1. The van der Waals surface area contributed by atoms with E-state index >= 15 is 0 Å². The summed E-state index contributed by atoms with van der Waals surface area (Å²) in [5.41, 5.74) is 4.25. The molecule has 0 saturated carbocycles. The van der Waals surface area contributed by atoms with Crippen molar-refractivity contribution in [3.05, 3.63) is 88.6 Å². The predicted octanol–water partition coefficient (Wildman–Crippen LogP) is 5.66. The maximum absolute atomic E-state index is 14.6. The Morgan fingerprint density at radius 2 is 1.88 bits per heavy atom. The molecule has 13 heteroatoms. The number of imidazole rings is 1. The Balaban J connectivity index is 1.40. The first-order chi connectivity index (χ1) is 23.3. The maximum atomic E-state index is 14.6. The third-order valence-electron chi connectivity index (χ3n) is 9.57. The van der Waals surface area contributed by atoms with Crippen molar-refractivity contribution in [2.75, 3.05) is 31.5 Å². The van der Waals surface area contributed by atoms with E-state index in [1.54, 1.807) is 37.0 Å². The fraction of sp³-hybridized carbons (Fsp3) is 0.389. The van der Waals surface area contributed by atoms with Crippen LogP contribution in [0.1, 0.15) is 66.4 Å². The van der Waals surface area contributed by atoms with Gasteiger partial charge in [0.05, 0.1) is 42.6 Å². The molecular formula is C36H41N5O7S. The van der Waals surface area contributed by atoms with Crippen LogP contribution in [0.15, 0.2) is 65.2 Å².